The Morgan fingerprint density at radius 1 is 1.17 bits per heavy atom. The molecule has 0 aromatic heterocycles. The molecule has 0 unspecified atom stereocenters. The molecule has 0 radical (unpaired) electrons. The van der Waals surface area contributed by atoms with Crippen molar-refractivity contribution in [1.29, 1.82) is 0 Å². The van der Waals surface area contributed by atoms with Gasteiger partial charge in [0.2, 0.25) is 5.91 Å². The first-order chi connectivity index (χ1) is 11.3. The number of hydrogen-bond acceptors (Lipinski definition) is 4. The van der Waals surface area contributed by atoms with Crippen LogP contribution in [0.25, 0.3) is 0 Å². The first-order valence-corrected chi connectivity index (χ1v) is 9.59. The fourth-order valence-corrected chi connectivity index (χ4v) is 4.40. The second kappa shape index (κ2) is 8.45. The summed E-state index contributed by atoms with van der Waals surface area (Å²) in [6.07, 6.45) is 8.90. The van der Waals surface area contributed by atoms with Crippen molar-refractivity contribution in [2.24, 2.45) is 5.92 Å². The van der Waals surface area contributed by atoms with Crippen LogP contribution in [0.2, 0.25) is 0 Å². The van der Waals surface area contributed by atoms with Crippen molar-refractivity contribution in [1.82, 2.24) is 15.5 Å². The standard InChI is InChI=1S/C18H33N3O2/c22-17(4-3-16-5-9-19-10-6-16)20-15-18(7-13-23-14-8-18)21-11-1-2-12-21/h16,19H,1-15H2,(H,20,22). The molecule has 3 heterocycles. The Balaban J connectivity index is 1.44. The number of carbonyl (C=O) groups excluding carboxylic acids is 1. The van der Waals surface area contributed by atoms with Crippen LogP contribution in [0.15, 0.2) is 0 Å². The second-order valence-electron chi connectivity index (χ2n) is 7.54. The van der Waals surface area contributed by atoms with Gasteiger partial charge < -0.3 is 15.4 Å². The lowest BCUT2D eigenvalue weighted by atomic mass is 9.87. The molecule has 0 aromatic rings. The van der Waals surface area contributed by atoms with E-state index in [0.717, 1.165) is 58.0 Å². The van der Waals surface area contributed by atoms with Crippen molar-refractivity contribution in [3.63, 3.8) is 0 Å². The van der Waals surface area contributed by atoms with E-state index in [2.05, 4.69) is 15.5 Å². The third-order valence-corrected chi connectivity index (χ3v) is 6.05. The lowest BCUT2D eigenvalue weighted by Gasteiger charge is -2.44. The van der Waals surface area contributed by atoms with Gasteiger partial charge in [-0.25, -0.2) is 0 Å². The lowest BCUT2D eigenvalue weighted by molar-refractivity contribution is -0.122. The summed E-state index contributed by atoms with van der Waals surface area (Å²) in [5.74, 6) is 0.978. The van der Waals surface area contributed by atoms with Crippen LogP contribution in [0.1, 0.15) is 51.4 Å². The van der Waals surface area contributed by atoms with Crippen LogP contribution >= 0.6 is 0 Å². The van der Waals surface area contributed by atoms with Crippen LogP contribution in [-0.4, -0.2) is 62.3 Å². The molecule has 0 aliphatic carbocycles. The highest BCUT2D eigenvalue weighted by molar-refractivity contribution is 5.75. The molecule has 3 fully saturated rings. The fourth-order valence-electron chi connectivity index (χ4n) is 4.40. The van der Waals surface area contributed by atoms with Crippen molar-refractivity contribution in [3.8, 4) is 0 Å². The number of amides is 1. The molecule has 3 saturated heterocycles. The largest absolute Gasteiger partial charge is 0.381 e. The van der Waals surface area contributed by atoms with E-state index in [1.54, 1.807) is 0 Å². The predicted octanol–water partition coefficient (Wildman–Crippen LogP) is 1.53. The van der Waals surface area contributed by atoms with Gasteiger partial charge in [-0.15, -0.1) is 0 Å². The number of carbonyl (C=O) groups is 1. The maximum absolute atomic E-state index is 12.3. The van der Waals surface area contributed by atoms with E-state index < -0.39 is 0 Å². The third kappa shape index (κ3) is 4.68. The normalized spacial score (nSPS) is 26.3. The highest BCUT2D eigenvalue weighted by atomic mass is 16.5. The fraction of sp³-hybridized carbons (Fsp3) is 0.944. The van der Waals surface area contributed by atoms with Gasteiger partial charge in [0.05, 0.1) is 0 Å². The number of piperidine rings is 1. The van der Waals surface area contributed by atoms with E-state index in [1.807, 2.05) is 0 Å². The molecule has 0 saturated carbocycles. The minimum atomic E-state index is 0.152. The molecule has 1 amide bonds. The molecule has 0 spiro atoms. The molecule has 3 aliphatic rings. The smallest absolute Gasteiger partial charge is 0.220 e. The summed E-state index contributed by atoms with van der Waals surface area (Å²) < 4.78 is 5.57. The Bertz CT molecular complexity index is 370. The van der Waals surface area contributed by atoms with E-state index in [9.17, 15) is 4.79 Å². The van der Waals surface area contributed by atoms with Gasteiger partial charge in [-0.2, -0.15) is 0 Å². The highest BCUT2D eigenvalue weighted by Gasteiger charge is 2.39. The van der Waals surface area contributed by atoms with E-state index in [0.29, 0.717) is 6.42 Å². The van der Waals surface area contributed by atoms with Crippen molar-refractivity contribution in [2.45, 2.75) is 56.9 Å². The SMILES string of the molecule is O=C(CCC1CCNCC1)NCC1(N2CCCC2)CCOCC1. The molecule has 5 heteroatoms. The van der Waals surface area contributed by atoms with Gasteiger partial charge >= 0.3 is 0 Å². The van der Waals surface area contributed by atoms with Gasteiger partial charge in [0.1, 0.15) is 0 Å². The maximum Gasteiger partial charge on any atom is 0.220 e. The van der Waals surface area contributed by atoms with Gasteiger partial charge in [-0.3, -0.25) is 9.69 Å². The van der Waals surface area contributed by atoms with Crippen molar-refractivity contribution >= 4 is 5.91 Å². The van der Waals surface area contributed by atoms with E-state index in [4.69, 9.17) is 4.74 Å². The molecule has 2 N–H and O–H groups in total. The Morgan fingerprint density at radius 3 is 2.57 bits per heavy atom. The maximum atomic E-state index is 12.3. The van der Waals surface area contributed by atoms with Crippen molar-refractivity contribution < 1.29 is 9.53 Å². The minimum Gasteiger partial charge on any atom is -0.381 e. The summed E-state index contributed by atoms with van der Waals surface area (Å²) in [5.41, 5.74) is 0.152. The average molecular weight is 323 g/mol. The average Bonchev–Trinajstić information content (AvgIpc) is 3.15. The third-order valence-electron chi connectivity index (χ3n) is 6.05. The Labute approximate surface area is 140 Å². The van der Waals surface area contributed by atoms with Gasteiger partial charge in [-0.1, -0.05) is 0 Å². The van der Waals surface area contributed by atoms with Crippen LogP contribution in [-0.2, 0) is 9.53 Å². The molecular formula is C18H33N3O2. The topological polar surface area (TPSA) is 53.6 Å². The zero-order chi connectivity index (χ0) is 16.0. The van der Waals surface area contributed by atoms with Gasteiger partial charge in [-0.05, 0) is 77.0 Å². The molecule has 132 valence electrons. The number of nitrogens with zero attached hydrogens (tertiary/aromatic N) is 1. The number of hydrogen-bond donors (Lipinski definition) is 2. The molecule has 3 aliphatic heterocycles. The van der Waals surface area contributed by atoms with Crippen LogP contribution in [0, 0.1) is 5.92 Å². The molecule has 5 nitrogen and oxygen atoms in total. The van der Waals surface area contributed by atoms with Crippen LogP contribution < -0.4 is 10.6 Å². The summed E-state index contributed by atoms with van der Waals surface area (Å²) in [7, 11) is 0. The molecule has 0 aromatic carbocycles. The number of rotatable bonds is 6. The minimum absolute atomic E-state index is 0.152. The monoisotopic (exact) mass is 323 g/mol. The summed E-state index contributed by atoms with van der Waals surface area (Å²) in [4.78, 5) is 14.9. The van der Waals surface area contributed by atoms with Crippen LogP contribution in [0.4, 0.5) is 0 Å². The lowest BCUT2D eigenvalue weighted by Crippen LogP contribution is -2.57. The zero-order valence-electron chi connectivity index (χ0n) is 14.4. The van der Waals surface area contributed by atoms with E-state index in [-0.39, 0.29) is 11.4 Å². The van der Waals surface area contributed by atoms with Gasteiger partial charge in [0.15, 0.2) is 0 Å². The van der Waals surface area contributed by atoms with E-state index >= 15 is 0 Å². The van der Waals surface area contributed by atoms with Crippen molar-refractivity contribution in [2.75, 3.05) is 45.9 Å². The number of likely N-dealkylation sites (tertiary alicyclic amines) is 1. The van der Waals surface area contributed by atoms with Gasteiger partial charge in [0, 0.05) is 31.7 Å². The highest BCUT2D eigenvalue weighted by Crippen LogP contribution is 2.30. The second-order valence-corrected chi connectivity index (χ2v) is 7.54. The van der Waals surface area contributed by atoms with Crippen molar-refractivity contribution in [3.05, 3.63) is 0 Å². The summed E-state index contributed by atoms with van der Waals surface area (Å²) in [6.45, 7) is 7.08. The summed E-state index contributed by atoms with van der Waals surface area (Å²) in [6, 6.07) is 0. The molecule has 23 heavy (non-hydrogen) atoms. The molecule has 0 bridgehead atoms. The first kappa shape index (κ1) is 17.2. The quantitative estimate of drug-likeness (QED) is 0.778. The molecular weight excluding hydrogens is 290 g/mol. The summed E-state index contributed by atoms with van der Waals surface area (Å²) in [5, 5.41) is 6.65. The Hall–Kier alpha value is -0.650. The predicted molar refractivity (Wildman–Crippen MR) is 91.4 cm³/mol. The molecule has 0 atom stereocenters. The van der Waals surface area contributed by atoms with Crippen LogP contribution in [0.3, 0.4) is 0 Å². The molecule has 3 rings (SSSR count). The Kier molecular flexibility index (Phi) is 6.31. The first-order valence-electron chi connectivity index (χ1n) is 9.59. The zero-order valence-corrected chi connectivity index (χ0v) is 14.4. The van der Waals surface area contributed by atoms with E-state index in [1.165, 1.54) is 38.8 Å². The number of nitrogens with one attached hydrogen (secondary N) is 2. The Morgan fingerprint density at radius 2 is 1.87 bits per heavy atom. The summed E-state index contributed by atoms with van der Waals surface area (Å²) >= 11 is 0. The van der Waals surface area contributed by atoms with Crippen LogP contribution in [0.5, 0.6) is 0 Å². The van der Waals surface area contributed by atoms with Gasteiger partial charge in [0.25, 0.3) is 0 Å². The number of ether oxygens (including phenoxy) is 1.